The van der Waals surface area contributed by atoms with Crippen molar-refractivity contribution in [3.63, 3.8) is 0 Å². The summed E-state index contributed by atoms with van der Waals surface area (Å²) in [4.78, 5) is 132. The molecule has 738 valence electrons. The molecule has 4 aliphatic heterocycles. The lowest BCUT2D eigenvalue weighted by molar-refractivity contribution is -0.144. The van der Waals surface area contributed by atoms with Gasteiger partial charge >= 0.3 is 12.3 Å². The smallest absolute Gasteiger partial charge is 0.417 e. The van der Waals surface area contributed by atoms with Gasteiger partial charge in [0, 0.05) is 55.2 Å². The number of nitrogens with zero attached hydrogens (tertiary/aromatic N) is 10. The number of aromatic nitrogens is 2. The number of aryl methyl sites for hydroxylation is 3. The van der Waals surface area contributed by atoms with Crippen molar-refractivity contribution in [3.05, 3.63) is 243 Å². The Morgan fingerprint density at radius 3 is 1.47 bits per heavy atom. The van der Waals surface area contributed by atoms with Gasteiger partial charge in [-0.05, 0) is 238 Å². The number of alkyl halides is 3. The van der Waals surface area contributed by atoms with Crippen molar-refractivity contribution in [1.82, 2.24) is 41.0 Å². The number of carbonyl (C=O) groups excluding carboxylic acids is 8. The number of halogens is 4. The number of alkyl carbamates (subject to hydrolysis) is 1. The molecule has 2 aromatic heterocycles. The van der Waals surface area contributed by atoms with Gasteiger partial charge in [-0.1, -0.05) is 146 Å². The number of nitriles is 1. The maximum atomic E-state index is 15.8. The Kier molecular flexibility index (Phi) is 33.2. The second-order valence-electron chi connectivity index (χ2n) is 38.5. The van der Waals surface area contributed by atoms with Crippen molar-refractivity contribution < 1.29 is 79.6 Å². The summed E-state index contributed by atoms with van der Waals surface area (Å²) < 4.78 is 85.5. The number of hydrogen-bond donors (Lipinski definition) is 4. The van der Waals surface area contributed by atoms with Gasteiger partial charge in [-0.25, -0.2) is 24.0 Å². The van der Waals surface area contributed by atoms with Gasteiger partial charge in [-0.15, -0.1) is 22.7 Å². The third-order valence-electron chi connectivity index (χ3n) is 25.0. The first-order chi connectivity index (χ1) is 66.9. The number of thiazole rings is 2. The fourth-order valence-electron chi connectivity index (χ4n) is 17.4. The van der Waals surface area contributed by atoms with Crippen molar-refractivity contribution in [1.29, 1.82) is 5.26 Å². The van der Waals surface area contributed by atoms with E-state index in [9.17, 15) is 56.8 Å². The summed E-state index contributed by atoms with van der Waals surface area (Å²) in [5, 5.41) is 21.1. The Hall–Kier alpha value is -13.4. The molecule has 35 heteroatoms. The number of rotatable bonds is 32. The van der Waals surface area contributed by atoms with Crippen LogP contribution in [0.5, 0.6) is 11.5 Å². The maximum Gasteiger partial charge on any atom is 0.417 e. The number of benzene rings is 8. The Morgan fingerprint density at radius 1 is 0.553 bits per heavy atom. The van der Waals surface area contributed by atoms with Crippen LogP contribution < -0.4 is 50.3 Å². The number of ether oxygens (including phenoxy) is 5. The van der Waals surface area contributed by atoms with E-state index in [1.54, 1.807) is 79.8 Å². The molecule has 0 unspecified atom stereocenters. The topological polar surface area (TPSA) is 304 Å². The molecule has 8 amide bonds. The van der Waals surface area contributed by atoms with Gasteiger partial charge in [0.25, 0.3) is 11.8 Å². The highest BCUT2D eigenvalue weighted by Crippen LogP contribution is 2.44. The first-order valence-electron chi connectivity index (χ1n) is 46.2. The number of hydrogen-bond acceptors (Lipinski definition) is 20. The number of carbonyl (C=O) groups is 8. The van der Waals surface area contributed by atoms with E-state index in [-0.39, 0.29) is 103 Å². The van der Waals surface area contributed by atoms with Gasteiger partial charge in [0.2, 0.25) is 29.5 Å². The van der Waals surface area contributed by atoms with Gasteiger partial charge in [0.05, 0.1) is 88.0 Å². The van der Waals surface area contributed by atoms with E-state index < -0.39 is 87.1 Å². The lowest BCUT2D eigenvalue weighted by atomic mass is 9.85. The highest BCUT2D eigenvalue weighted by molar-refractivity contribution is 7.81. The van der Waals surface area contributed by atoms with Gasteiger partial charge in [0.1, 0.15) is 72.4 Å². The zero-order chi connectivity index (χ0) is 102. The first-order valence-corrected chi connectivity index (χ1v) is 48.8. The van der Waals surface area contributed by atoms with E-state index in [4.69, 9.17) is 54.7 Å². The molecule has 141 heavy (non-hydrogen) atoms. The van der Waals surface area contributed by atoms with E-state index in [0.717, 1.165) is 76.7 Å². The fraction of sp³-hybridized carbons (Fsp3) is 0.377. The molecule has 0 saturated carbocycles. The summed E-state index contributed by atoms with van der Waals surface area (Å²) >= 11 is 14.6. The summed E-state index contributed by atoms with van der Waals surface area (Å²) in [6, 6.07) is 49.0. The SMILES string of the molecule is Cc1ncsc1-c1ccc(CNC(=O)[C@@H]2C[C@@H](C)CN2C(=O)[C@@H](NC(=O)OCCOCCOc2ccc(-c3ccc(N4C(=S)N(c5ccc(C#N)c(C(F)(F)F)c5)C(=O)C4(C)C)cc3F)cc2)C(C)(C)C)cc1.[C-]#[N+]c1ccc(N2C(=O)C(C)(C)N(c3ccc(-c4ccc(OCCCOCC(=O)N[C@H](C(=O)N5C[C@H](C)C[C@H]5C(=O)NCc5ccc(-c6scnc6C)cc5)C(C)(C)C)cc4)cc3)C2=S)cc1C. The molecule has 6 heterocycles. The molecule has 27 nitrogen and oxygen atoms in total. The zero-order valence-corrected chi connectivity index (χ0v) is 84.5. The van der Waals surface area contributed by atoms with Crippen LogP contribution in [0.2, 0.25) is 0 Å². The lowest BCUT2D eigenvalue weighted by Crippen LogP contribution is -2.58. The zero-order valence-electron chi connectivity index (χ0n) is 81.2. The monoisotopic (exact) mass is 1990 g/mol. The van der Waals surface area contributed by atoms with Crippen molar-refractivity contribution in [3.8, 4) is 60.7 Å². The van der Waals surface area contributed by atoms with E-state index >= 15 is 4.39 Å². The molecule has 0 aliphatic carbocycles. The van der Waals surface area contributed by atoms with Crippen LogP contribution in [0.1, 0.15) is 142 Å². The number of anilines is 4. The number of amides is 8. The minimum absolute atomic E-state index is 0.0402. The van der Waals surface area contributed by atoms with Crippen LogP contribution in [0.25, 0.3) is 48.0 Å². The largest absolute Gasteiger partial charge is 0.494 e. The predicted octanol–water partition coefficient (Wildman–Crippen LogP) is 19.3. The van der Waals surface area contributed by atoms with E-state index in [2.05, 4.69) is 36.1 Å². The Balaban J connectivity index is 0.000000238. The summed E-state index contributed by atoms with van der Waals surface area (Å²) in [5.41, 5.74) is 9.57. The molecular weight excluding hydrogens is 1880 g/mol. The molecular formula is C106H114F4N14O13S4. The number of likely N-dealkylation sites (tertiary alicyclic amines) is 2. The Bertz CT molecular complexity index is 6390. The highest BCUT2D eigenvalue weighted by Gasteiger charge is 2.53. The first kappa shape index (κ1) is 105. The van der Waals surface area contributed by atoms with E-state index in [1.165, 1.54) is 43.0 Å². The predicted molar refractivity (Wildman–Crippen MR) is 544 cm³/mol. The third-order valence-corrected chi connectivity index (χ3v) is 27.7. The van der Waals surface area contributed by atoms with Crippen LogP contribution in [0.4, 0.5) is 50.8 Å². The average Bonchev–Trinajstić information content (AvgIpc) is 1.59. The number of nitrogens with one attached hydrogen (secondary N) is 4. The van der Waals surface area contributed by atoms with Gasteiger partial charge in [0.15, 0.2) is 15.9 Å². The molecule has 4 fully saturated rings. The second-order valence-corrected chi connectivity index (χ2v) is 41.0. The average molecular weight is 2000 g/mol. The van der Waals surface area contributed by atoms with Gasteiger partial charge < -0.3 is 64.6 Å². The maximum absolute atomic E-state index is 15.8. The van der Waals surface area contributed by atoms with Crippen molar-refractivity contribution in [2.75, 3.05) is 78.9 Å². The third kappa shape index (κ3) is 24.6. The van der Waals surface area contributed by atoms with Crippen LogP contribution in [-0.4, -0.2) is 172 Å². The minimum atomic E-state index is -4.86. The van der Waals surface area contributed by atoms with Crippen LogP contribution in [0, 0.1) is 67.2 Å². The molecule has 0 bridgehead atoms. The highest BCUT2D eigenvalue weighted by atomic mass is 32.1. The fourth-order valence-corrected chi connectivity index (χ4v) is 20.1. The van der Waals surface area contributed by atoms with Gasteiger partial charge in [-0.2, -0.15) is 18.4 Å². The standard InChI is InChI=1S/C53H55F4N7O7S2.C53H59N7O6S2/c1-31-24-43(46(65)59-28-33-8-10-35(11-9-33)44-32(2)60-30-73-44)62(29-31)47(66)45(51(3,4)5)61-49(68)71-23-21-69-20-22-70-39-17-13-34(14-18-39)40-19-16-38(26-42(40)54)64-50(72)63(48(67)52(64,6)7)37-15-12-36(27-58)41(25-37)53(55,56)57;1-33-27-44(48(62)55-29-36-11-13-39(14-12-36)46-35(3)56-32-68-46)58(30-33)49(63)47(52(4,5)6)57-45(61)31-65-25-10-26-66-42-22-17-38(18-23-42)37-15-19-40(20-16-37)60-51(67)59(50(64)53(60,7)8)41-21-24-43(54-9)34(2)28-41/h8-19,25-26,30-31,43,45H,20-24,28-29H2,1-7H3,(H,59,65)(H,61,68);11-24,28,32-33,44,47H,10,25-27,29-31H2,1-8H3,(H,55,62)(H,57,61)/t31-,43+,45-;33-,44+,47-/m11/s1. The van der Waals surface area contributed by atoms with Crippen LogP contribution >= 0.6 is 47.1 Å². The molecule has 8 aromatic carbocycles. The molecule has 4 saturated heterocycles. The Morgan fingerprint density at radius 2 is 1.00 bits per heavy atom. The normalized spacial score (nSPS) is 17.2. The summed E-state index contributed by atoms with van der Waals surface area (Å²) in [6.45, 7) is 37.2. The number of thiocarbonyl (C=S) groups is 2. The molecule has 0 spiro atoms. The molecule has 6 atom stereocenters. The van der Waals surface area contributed by atoms with Crippen LogP contribution in [0.15, 0.2) is 187 Å². The molecule has 10 aromatic rings. The Labute approximate surface area is 837 Å². The van der Waals surface area contributed by atoms with E-state index in [0.29, 0.717) is 91.7 Å². The van der Waals surface area contributed by atoms with E-state index in [1.807, 2.05) is 209 Å². The minimum Gasteiger partial charge on any atom is -0.494 e. The summed E-state index contributed by atoms with van der Waals surface area (Å²) in [5.74, 6) is -1.62. The second kappa shape index (κ2) is 44.6. The molecule has 14 rings (SSSR count). The summed E-state index contributed by atoms with van der Waals surface area (Å²) in [6.07, 6.45) is -4.10. The van der Waals surface area contributed by atoms with Crippen LogP contribution in [-0.2, 0) is 67.0 Å². The van der Waals surface area contributed by atoms with Gasteiger partial charge in [-0.3, -0.25) is 43.4 Å². The quantitative estimate of drug-likeness (QED) is 0.0132. The van der Waals surface area contributed by atoms with Crippen molar-refractivity contribution >= 4 is 133 Å². The van der Waals surface area contributed by atoms with Crippen molar-refractivity contribution in [2.24, 2.45) is 22.7 Å². The molecule has 4 N–H and O–H groups in total. The molecule has 0 radical (unpaired) electrons. The van der Waals surface area contributed by atoms with Crippen molar-refractivity contribution in [2.45, 2.75) is 178 Å². The van der Waals surface area contributed by atoms with Crippen LogP contribution in [0.3, 0.4) is 0 Å². The summed E-state index contributed by atoms with van der Waals surface area (Å²) in [7, 11) is 0. The molecule has 4 aliphatic rings. The lowest BCUT2D eigenvalue weighted by Gasteiger charge is -2.35.